The highest BCUT2D eigenvalue weighted by Crippen LogP contribution is 2.23. The topological polar surface area (TPSA) is 126 Å². The molecule has 0 amide bonds. The molecule has 0 aliphatic rings. The van der Waals surface area contributed by atoms with Gasteiger partial charge in [0.15, 0.2) is 22.9 Å². The summed E-state index contributed by atoms with van der Waals surface area (Å²) in [6, 6.07) is 16.2. The lowest BCUT2D eigenvalue weighted by Crippen LogP contribution is -3.04. The zero-order valence-electron chi connectivity index (χ0n) is 18.7. The van der Waals surface area contributed by atoms with E-state index in [0.717, 1.165) is 12.2 Å². The molecule has 180 valence electrons. The zero-order valence-corrected chi connectivity index (χ0v) is 18.7. The van der Waals surface area contributed by atoms with Gasteiger partial charge < -0.3 is 29.6 Å². The Morgan fingerprint density at radius 3 is 1.57 bits per heavy atom. The molecule has 10 heteroatoms. The maximum absolute atomic E-state index is 12.4. The van der Waals surface area contributed by atoms with E-state index in [-0.39, 0.29) is 34.4 Å². The Labute approximate surface area is 200 Å². The molecule has 3 aromatic carbocycles. The minimum absolute atomic E-state index is 0.249. The summed E-state index contributed by atoms with van der Waals surface area (Å²) >= 11 is 0. The van der Waals surface area contributed by atoms with Crippen LogP contribution in [0.3, 0.4) is 0 Å². The number of nitrogens with one attached hydrogen (secondary N) is 2. The van der Waals surface area contributed by atoms with Gasteiger partial charge in [0.1, 0.15) is 11.5 Å². The van der Waals surface area contributed by atoms with Gasteiger partial charge in [-0.1, -0.05) is 13.2 Å². The van der Waals surface area contributed by atoms with Crippen LogP contribution in [0, 0.1) is 17.3 Å². The van der Waals surface area contributed by atoms with E-state index >= 15 is 0 Å². The molecule has 0 spiro atoms. The molecule has 2 unspecified atom stereocenters. The van der Waals surface area contributed by atoms with Crippen LogP contribution in [-0.4, -0.2) is 11.9 Å². The maximum Gasteiger partial charge on any atom is 0.335 e. The SMILES string of the molecule is C=CC(=O)Oc1ccc([NH+]([O-])Oc2ccc(O[NH+]([O-])c3ccc(OC(=O)C=C)cc3)c(C)c2)cc1. The standard InChI is InChI=1S/C25H22N2O8/c1-4-24(28)32-20-10-6-18(7-11-20)26(30)34-22-14-15-23(17(3)16-22)35-27(31)19-8-12-21(13-9-19)33-25(29)5-2/h4-16,26-27H,1-2H2,3H3. The van der Waals surface area contributed by atoms with Gasteiger partial charge in [0.2, 0.25) is 0 Å². The van der Waals surface area contributed by atoms with Crippen LogP contribution in [0.2, 0.25) is 0 Å². The molecule has 10 nitrogen and oxygen atoms in total. The predicted octanol–water partition coefficient (Wildman–Crippen LogP) is 2.19. The van der Waals surface area contributed by atoms with Crippen molar-refractivity contribution in [3.63, 3.8) is 0 Å². The second kappa shape index (κ2) is 11.6. The molecule has 2 N–H and O–H groups in total. The molecule has 0 aliphatic heterocycles. The van der Waals surface area contributed by atoms with Crippen molar-refractivity contribution >= 4 is 23.3 Å². The van der Waals surface area contributed by atoms with Crippen LogP contribution in [0.1, 0.15) is 5.56 Å². The fourth-order valence-corrected chi connectivity index (χ4v) is 2.76. The highest BCUT2D eigenvalue weighted by molar-refractivity contribution is 5.83. The third kappa shape index (κ3) is 7.00. The first-order chi connectivity index (χ1) is 16.8. The second-order valence-corrected chi connectivity index (χ2v) is 7.01. The summed E-state index contributed by atoms with van der Waals surface area (Å²) in [6.45, 7) is 8.32. The van der Waals surface area contributed by atoms with Crippen LogP contribution >= 0.6 is 0 Å². The molecule has 0 aromatic heterocycles. The first-order valence-electron chi connectivity index (χ1n) is 10.2. The van der Waals surface area contributed by atoms with Crippen LogP contribution < -0.4 is 29.6 Å². The summed E-state index contributed by atoms with van der Waals surface area (Å²) < 4.78 is 9.93. The quantitative estimate of drug-likeness (QED) is 0.197. The second-order valence-electron chi connectivity index (χ2n) is 7.01. The molecule has 35 heavy (non-hydrogen) atoms. The number of ether oxygens (including phenoxy) is 2. The lowest BCUT2D eigenvalue weighted by atomic mass is 10.2. The lowest BCUT2D eigenvalue weighted by molar-refractivity contribution is -0.963. The highest BCUT2D eigenvalue weighted by Gasteiger charge is 2.13. The van der Waals surface area contributed by atoms with Crippen LogP contribution in [0.25, 0.3) is 0 Å². The van der Waals surface area contributed by atoms with Crippen molar-refractivity contribution in [2.75, 3.05) is 0 Å². The normalized spacial score (nSPS) is 12.1. The van der Waals surface area contributed by atoms with E-state index in [4.69, 9.17) is 19.1 Å². The number of quaternary nitrogens is 2. The molecule has 0 aliphatic carbocycles. The highest BCUT2D eigenvalue weighted by atomic mass is 16.9. The molecule has 0 saturated heterocycles. The van der Waals surface area contributed by atoms with Crippen molar-refractivity contribution in [2.45, 2.75) is 6.92 Å². The largest absolute Gasteiger partial charge is 0.585 e. The molecule has 3 aromatic rings. The van der Waals surface area contributed by atoms with Crippen molar-refractivity contribution < 1.29 is 39.2 Å². The average molecular weight is 478 g/mol. The third-order valence-corrected chi connectivity index (χ3v) is 4.51. The number of carbonyl (C=O) groups is 2. The number of esters is 2. The maximum atomic E-state index is 12.4. The Morgan fingerprint density at radius 2 is 1.14 bits per heavy atom. The third-order valence-electron chi connectivity index (χ3n) is 4.51. The Balaban J connectivity index is 1.60. The van der Waals surface area contributed by atoms with Gasteiger partial charge in [-0.05, 0) is 49.4 Å². The van der Waals surface area contributed by atoms with E-state index in [1.54, 1.807) is 13.0 Å². The lowest BCUT2D eigenvalue weighted by Gasteiger charge is -2.22. The van der Waals surface area contributed by atoms with E-state index in [1.807, 2.05) is 0 Å². The van der Waals surface area contributed by atoms with E-state index in [9.17, 15) is 20.0 Å². The summed E-state index contributed by atoms with van der Waals surface area (Å²) in [7, 11) is 0. The van der Waals surface area contributed by atoms with Gasteiger partial charge in [-0.2, -0.15) is 0 Å². The van der Waals surface area contributed by atoms with Gasteiger partial charge in [-0.15, -0.1) is 10.5 Å². The molecule has 0 heterocycles. The summed E-state index contributed by atoms with van der Waals surface area (Å²) in [5.41, 5.74) is 1.06. The monoisotopic (exact) mass is 478 g/mol. The van der Waals surface area contributed by atoms with Crippen LogP contribution in [0.15, 0.2) is 92.0 Å². The molecule has 3 rings (SSSR count). The van der Waals surface area contributed by atoms with Gasteiger partial charge in [0.05, 0.1) is 0 Å². The molecular formula is C25H22N2O8. The van der Waals surface area contributed by atoms with Gasteiger partial charge in [-0.3, -0.25) is 0 Å². The smallest absolute Gasteiger partial charge is 0.335 e. The van der Waals surface area contributed by atoms with Crippen molar-refractivity contribution in [1.29, 1.82) is 0 Å². The summed E-state index contributed by atoms with van der Waals surface area (Å²) in [6.07, 6.45) is 2.07. The van der Waals surface area contributed by atoms with E-state index in [1.165, 1.54) is 60.7 Å². The van der Waals surface area contributed by atoms with Gasteiger partial charge >= 0.3 is 11.9 Å². The van der Waals surface area contributed by atoms with E-state index in [0.29, 0.717) is 5.56 Å². The molecule has 2 atom stereocenters. The minimum Gasteiger partial charge on any atom is -0.585 e. The van der Waals surface area contributed by atoms with Crippen molar-refractivity contribution in [3.8, 4) is 23.0 Å². The predicted molar refractivity (Wildman–Crippen MR) is 125 cm³/mol. The van der Waals surface area contributed by atoms with Crippen molar-refractivity contribution in [1.82, 2.24) is 0 Å². The Hall–Kier alpha value is -4.48. The first-order valence-corrected chi connectivity index (χ1v) is 10.2. The van der Waals surface area contributed by atoms with Crippen LogP contribution in [-0.2, 0) is 9.59 Å². The zero-order chi connectivity index (χ0) is 25.4. The Morgan fingerprint density at radius 1 is 0.714 bits per heavy atom. The molecule has 0 bridgehead atoms. The molecule has 0 radical (unpaired) electrons. The average Bonchev–Trinajstić information content (AvgIpc) is 2.86. The summed E-state index contributed by atoms with van der Waals surface area (Å²) in [4.78, 5) is 33.2. The number of hydrogen-bond donors (Lipinski definition) is 2. The first kappa shape index (κ1) is 25.1. The number of carbonyl (C=O) groups excluding carboxylic acids is 2. The number of aryl methyl sites for hydroxylation is 1. The van der Waals surface area contributed by atoms with Gasteiger partial charge in [-0.25, -0.2) is 9.59 Å². The van der Waals surface area contributed by atoms with Crippen LogP contribution in [0.4, 0.5) is 11.4 Å². The van der Waals surface area contributed by atoms with E-state index < -0.39 is 22.4 Å². The van der Waals surface area contributed by atoms with Gasteiger partial charge in [0, 0.05) is 42.0 Å². The Bertz CT molecular complexity index is 1210. The van der Waals surface area contributed by atoms with Gasteiger partial charge in [0.25, 0.3) is 0 Å². The molecule has 0 fully saturated rings. The van der Waals surface area contributed by atoms with Crippen molar-refractivity contribution in [2.24, 2.45) is 0 Å². The fourth-order valence-electron chi connectivity index (χ4n) is 2.76. The van der Waals surface area contributed by atoms with E-state index in [2.05, 4.69) is 13.2 Å². The minimum atomic E-state index is -0.618. The summed E-state index contributed by atoms with van der Waals surface area (Å²) in [5, 5.41) is 23.6. The molecular weight excluding hydrogens is 456 g/mol. The fraction of sp³-hybridized carbons (Fsp3) is 0.0400. The number of rotatable bonds is 10. The van der Waals surface area contributed by atoms with Crippen molar-refractivity contribution in [3.05, 3.63) is 108 Å². The molecule has 0 saturated carbocycles. The Kier molecular flexibility index (Phi) is 8.33. The number of benzene rings is 3. The van der Waals surface area contributed by atoms with Crippen LogP contribution in [0.5, 0.6) is 23.0 Å². The summed E-state index contributed by atoms with van der Waals surface area (Å²) in [5.74, 6) is -0.152. The number of hydrogen-bond acceptors (Lipinski definition) is 8.